The van der Waals surface area contributed by atoms with E-state index in [1.54, 1.807) is 6.08 Å². The molecule has 0 aliphatic heterocycles. The fourth-order valence-electron chi connectivity index (χ4n) is 1.06. The van der Waals surface area contributed by atoms with E-state index < -0.39 is 0 Å². The Bertz CT molecular complexity index is 223. The zero-order chi connectivity index (χ0) is 5.56. The maximum absolute atomic E-state index is 12.4. The summed E-state index contributed by atoms with van der Waals surface area (Å²) in [5.74, 6) is -0.0394. The minimum atomic E-state index is -0.0394. The molecule has 2 rings (SSSR count). The Hall–Kier alpha value is -0.890. The zero-order valence-corrected chi connectivity index (χ0v) is 5.02. The molecular formula is C7H8FN. The van der Waals surface area contributed by atoms with Crippen molar-refractivity contribution in [1.29, 1.82) is 0 Å². The van der Waals surface area contributed by atoms with Crippen LogP contribution in [0.15, 0.2) is 35.2 Å². The molecule has 0 amide bonds. The van der Waals surface area contributed by atoms with Crippen LogP contribution in [0, 0.1) is 0 Å². The van der Waals surface area contributed by atoms with Gasteiger partial charge in [-0.2, -0.15) is 0 Å². The largest absolute Gasteiger partial charge is 0.344 e. The average molecular weight is 125 g/mol. The molecular weight excluding hydrogens is 117 g/mol. The second-order valence-corrected chi connectivity index (χ2v) is 2.10. The molecule has 2 aliphatic carbocycles. The topological polar surface area (TPSA) is 35.0 Å². The summed E-state index contributed by atoms with van der Waals surface area (Å²) in [7, 11) is 0. The molecule has 3 N–H and O–H groups in total. The first kappa shape index (κ1) is 6.23. The molecule has 2 heteroatoms. The van der Waals surface area contributed by atoms with Gasteiger partial charge in [-0.1, -0.05) is 12.2 Å². The summed E-state index contributed by atoms with van der Waals surface area (Å²) < 4.78 is 12.4. The zero-order valence-electron chi connectivity index (χ0n) is 5.02. The summed E-state index contributed by atoms with van der Waals surface area (Å²) in [6, 6.07) is 0. The van der Waals surface area contributed by atoms with Gasteiger partial charge in [0.05, 0.1) is 0 Å². The molecule has 0 aromatic carbocycles. The SMILES string of the molecule is FC1=C2C=CC(=C1)C2.N. The average Bonchev–Trinajstić information content (AvgIpc) is 2.23. The van der Waals surface area contributed by atoms with Crippen LogP contribution in [0.2, 0.25) is 0 Å². The number of fused-ring (bicyclic) bond motifs is 2. The van der Waals surface area contributed by atoms with Gasteiger partial charge in [-0.25, -0.2) is 4.39 Å². The fraction of sp³-hybridized carbons (Fsp3) is 0.143. The summed E-state index contributed by atoms with van der Waals surface area (Å²) in [4.78, 5) is 0. The molecule has 1 nitrogen and oxygen atoms in total. The van der Waals surface area contributed by atoms with E-state index in [1.807, 2.05) is 12.2 Å². The monoisotopic (exact) mass is 125 g/mol. The summed E-state index contributed by atoms with van der Waals surface area (Å²) in [6.07, 6.45) is 6.21. The van der Waals surface area contributed by atoms with Crippen molar-refractivity contribution in [2.45, 2.75) is 6.42 Å². The summed E-state index contributed by atoms with van der Waals surface area (Å²) in [5, 5.41) is 0. The van der Waals surface area contributed by atoms with Crippen LogP contribution < -0.4 is 6.15 Å². The lowest BCUT2D eigenvalue weighted by atomic mass is 10.3. The minimum absolute atomic E-state index is 0. The lowest BCUT2D eigenvalue weighted by Gasteiger charge is -1.85. The van der Waals surface area contributed by atoms with Gasteiger partial charge in [-0.05, 0) is 17.2 Å². The predicted molar refractivity (Wildman–Crippen MR) is 35.0 cm³/mol. The van der Waals surface area contributed by atoms with E-state index in [2.05, 4.69) is 0 Å². The van der Waals surface area contributed by atoms with Crippen LogP contribution in [0.25, 0.3) is 0 Å². The van der Waals surface area contributed by atoms with E-state index in [4.69, 9.17) is 0 Å². The van der Waals surface area contributed by atoms with Gasteiger partial charge in [0.2, 0.25) is 0 Å². The van der Waals surface area contributed by atoms with Gasteiger partial charge >= 0.3 is 0 Å². The van der Waals surface area contributed by atoms with Crippen LogP contribution in [0.4, 0.5) is 4.39 Å². The molecule has 48 valence electrons. The second-order valence-electron chi connectivity index (χ2n) is 2.10. The number of hydrogen-bond acceptors (Lipinski definition) is 1. The van der Waals surface area contributed by atoms with Crippen molar-refractivity contribution in [2.75, 3.05) is 0 Å². The van der Waals surface area contributed by atoms with Gasteiger partial charge in [-0.15, -0.1) is 0 Å². The Morgan fingerprint density at radius 3 is 2.33 bits per heavy atom. The fourth-order valence-corrected chi connectivity index (χ4v) is 1.06. The lowest BCUT2D eigenvalue weighted by Crippen LogP contribution is -1.67. The molecule has 2 aliphatic rings. The molecule has 0 radical (unpaired) electrons. The van der Waals surface area contributed by atoms with Crippen LogP contribution in [0.5, 0.6) is 0 Å². The van der Waals surface area contributed by atoms with Crippen molar-refractivity contribution >= 4 is 0 Å². The van der Waals surface area contributed by atoms with Crippen molar-refractivity contribution in [3.63, 3.8) is 0 Å². The molecule has 0 aromatic heterocycles. The first-order valence-corrected chi connectivity index (χ1v) is 2.63. The van der Waals surface area contributed by atoms with E-state index >= 15 is 0 Å². The molecule has 0 saturated carbocycles. The smallest absolute Gasteiger partial charge is 0.127 e. The number of allylic oxidation sites excluding steroid dienone is 6. The lowest BCUT2D eigenvalue weighted by molar-refractivity contribution is 0.662. The molecule has 0 unspecified atom stereocenters. The number of rotatable bonds is 0. The second kappa shape index (κ2) is 1.81. The predicted octanol–water partition coefficient (Wildman–Crippen LogP) is 2.27. The molecule has 0 aromatic rings. The molecule has 0 saturated heterocycles. The van der Waals surface area contributed by atoms with E-state index in [1.165, 1.54) is 0 Å². The molecule has 0 fully saturated rings. The van der Waals surface area contributed by atoms with Gasteiger partial charge in [-0.3, -0.25) is 0 Å². The summed E-state index contributed by atoms with van der Waals surface area (Å²) in [6.45, 7) is 0. The number of halogens is 1. The molecule has 9 heavy (non-hydrogen) atoms. The van der Waals surface area contributed by atoms with Gasteiger partial charge < -0.3 is 6.15 Å². The summed E-state index contributed by atoms with van der Waals surface area (Å²) in [5.41, 5.74) is 1.96. The standard InChI is InChI=1S/C7H5F.H3N/c8-7-4-5-1-2-6(7)3-5;/h1-2,4H,3H2;1H3. The minimum Gasteiger partial charge on any atom is -0.344 e. The maximum atomic E-state index is 12.4. The quantitative estimate of drug-likeness (QED) is 0.529. The Morgan fingerprint density at radius 1 is 1.33 bits per heavy atom. The van der Waals surface area contributed by atoms with Crippen LogP contribution >= 0.6 is 0 Å². The van der Waals surface area contributed by atoms with E-state index in [0.717, 1.165) is 17.6 Å². The van der Waals surface area contributed by atoms with Crippen LogP contribution in [0.1, 0.15) is 6.42 Å². The van der Waals surface area contributed by atoms with Gasteiger partial charge in [0.1, 0.15) is 5.83 Å². The molecule has 2 bridgehead atoms. The third-order valence-corrected chi connectivity index (χ3v) is 1.51. The Labute approximate surface area is 53.1 Å². The molecule has 0 atom stereocenters. The number of hydrogen-bond donors (Lipinski definition) is 1. The normalized spacial score (nSPS) is 20.3. The highest BCUT2D eigenvalue weighted by atomic mass is 19.1. The Kier molecular flexibility index (Phi) is 1.25. The first-order valence-electron chi connectivity index (χ1n) is 2.63. The van der Waals surface area contributed by atoms with Crippen molar-refractivity contribution in [2.24, 2.45) is 0 Å². The highest BCUT2D eigenvalue weighted by molar-refractivity contribution is 5.52. The summed E-state index contributed by atoms with van der Waals surface area (Å²) >= 11 is 0. The first-order chi connectivity index (χ1) is 3.86. The van der Waals surface area contributed by atoms with Crippen molar-refractivity contribution < 1.29 is 4.39 Å². The van der Waals surface area contributed by atoms with E-state index in [-0.39, 0.29) is 12.0 Å². The highest BCUT2D eigenvalue weighted by Crippen LogP contribution is 2.33. The molecule has 0 heterocycles. The molecule has 0 spiro atoms. The maximum Gasteiger partial charge on any atom is 0.127 e. The van der Waals surface area contributed by atoms with Crippen LogP contribution in [-0.4, -0.2) is 0 Å². The van der Waals surface area contributed by atoms with Gasteiger partial charge in [0, 0.05) is 6.42 Å². The Morgan fingerprint density at radius 2 is 2.11 bits per heavy atom. The van der Waals surface area contributed by atoms with Gasteiger partial charge in [0.15, 0.2) is 0 Å². The van der Waals surface area contributed by atoms with Crippen molar-refractivity contribution in [3.8, 4) is 0 Å². The van der Waals surface area contributed by atoms with Crippen molar-refractivity contribution in [3.05, 3.63) is 35.2 Å². The van der Waals surface area contributed by atoms with E-state index in [9.17, 15) is 4.39 Å². The van der Waals surface area contributed by atoms with Crippen LogP contribution in [-0.2, 0) is 0 Å². The van der Waals surface area contributed by atoms with Crippen molar-refractivity contribution in [1.82, 2.24) is 6.15 Å². The third kappa shape index (κ3) is 0.715. The highest BCUT2D eigenvalue weighted by Gasteiger charge is 2.16. The van der Waals surface area contributed by atoms with Crippen LogP contribution in [0.3, 0.4) is 0 Å². The third-order valence-electron chi connectivity index (χ3n) is 1.51. The Balaban J connectivity index is 0.000000405. The van der Waals surface area contributed by atoms with E-state index in [0.29, 0.717) is 0 Å². The van der Waals surface area contributed by atoms with Gasteiger partial charge in [0.25, 0.3) is 0 Å².